The van der Waals surface area contributed by atoms with Crippen LogP contribution < -0.4 is 29.6 Å². The molecule has 0 aliphatic heterocycles. The standard InChI is InChI=1S/C8H8ClNO2S.Na/c9-6-1-2-7(10-5-6)8(3-4-8)13(11)12;/h1-2,5H,3-4H2,(H,11,12);/q;+1/p-1. The Bertz CT molecular complexity index is 353. The first kappa shape index (κ1) is 12.6. The van der Waals surface area contributed by atoms with Gasteiger partial charge in [-0.15, -0.1) is 0 Å². The largest absolute Gasteiger partial charge is 1.00 e. The monoisotopic (exact) mass is 239 g/mol. The van der Waals surface area contributed by atoms with E-state index in [1.54, 1.807) is 12.1 Å². The summed E-state index contributed by atoms with van der Waals surface area (Å²) >= 11 is 3.57. The molecule has 0 bridgehead atoms. The molecule has 1 aromatic rings. The first-order chi connectivity index (χ1) is 6.15. The van der Waals surface area contributed by atoms with Crippen molar-refractivity contribution in [1.82, 2.24) is 4.98 Å². The fourth-order valence-electron chi connectivity index (χ4n) is 1.27. The number of halogens is 1. The van der Waals surface area contributed by atoms with Crippen molar-refractivity contribution in [1.29, 1.82) is 0 Å². The van der Waals surface area contributed by atoms with Crippen molar-refractivity contribution in [3.05, 3.63) is 29.0 Å². The Labute approximate surface area is 112 Å². The molecule has 2 rings (SSSR count). The second kappa shape index (κ2) is 4.60. The zero-order chi connectivity index (χ0) is 9.47. The maximum absolute atomic E-state index is 10.9. The van der Waals surface area contributed by atoms with Crippen LogP contribution in [0.25, 0.3) is 0 Å². The van der Waals surface area contributed by atoms with E-state index < -0.39 is 15.8 Å². The zero-order valence-corrected chi connectivity index (χ0v) is 11.3. The first-order valence-corrected chi connectivity index (χ1v) is 5.32. The summed E-state index contributed by atoms with van der Waals surface area (Å²) in [5.41, 5.74) is 0.602. The fraction of sp³-hybridized carbons (Fsp3) is 0.375. The third-order valence-electron chi connectivity index (χ3n) is 2.22. The van der Waals surface area contributed by atoms with Gasteiger partial charge in [0.15, 0.2) is 0 Å². The van der Waals surface area contributed by atoms with E-state index in [4.69, 9.17) is 11.6 Å². The van der Waals surface area contributed by atoms with E-state index >= 15 is 0 Å². The molecule has 1 fully saturated rings. The molecule has 0 amide bonds. The van der Waals surface area contributed by atoms with Gasteiger partial charge in [-0.25, -0.2) is 0 Å². The van der Waals surface area contributed by atoms with Gasteiger partial charge in [-0.05, 0) is 36.1 Å². The predicted molar refractivity (Wildman–Crippen MR) is 49.1 cm³/mol. The van der Waals surface area contributed by atoms with E-state index in [1.165, 1.54) is 6.20 Å². The molecule has 14 heavy (non-hydrogen) atoms. The van der Waals surface area contributed by atoms with Gasteiger partial charge in [0.05, 0.1) is 15.5 Å². The summed E-state index contributed by atoms with van der Waals surface area (Å²) in [6, 6.07) is 3.34. The molecule has 6 heteroatoms. The van der Waals surface area contributed by atoms with Crippen LogP contribution in [0.2, 0.25) is 5.02 Å². The maximum atomic E-state index is 10.9. The van der Waals surface area contributed by atoms with Crippen LogP contribution in [-0.4, -0.2) is 13.7 Å². The fourth-order valence-corrected chi connectivity index (χ4v) is 2.11. The van der Waals surface area contributed by atoms with Crippen LogP contribution in [0.15, 0.2) is 18.3 Å². The number of nitrogens with zero attached hydrogens (tertiary/aromatic N) is 1. The van der Waals surface area contributed by atoms with Crippen molar-refractivity contribution < 1.29 is 38.3 Å². The average Bonchev–Trinajstić information content (AvgIpc) is 2.86. The third kappa shape index (κ3) is 2.21. The number of aromatic nitrogens is 1. The summed E-state index contributed by atoms with van der Waals surface area (Å²) in [4.78, 5) is 4.01. The van der Waals surface area contributed by atoms with E-state index in [1.807, 2.05) is 0 Å². The number of pyridine rings is 1. The van der Waals surface area contributed by atoms with Gasteiger partial charge in [0.25, 0.3) is 0 Å². The molecular formula is C8H7ClNNaO2S. The van der Waals surface area contributed by atoms with Gasteiger partial charge in [-0.2, -0.15) is 0 Å². The van der Waals surface area contributed by atoms with Crippen LogP contribution in [-0.2, 0) is 15.8 Å². The van der Waals surface area contributed by atoms with Gasteiger partial charge >= 0.3 is 29.6 Å². The molecule has 0 saturated heterocycles. The van der Waals surface area contributed by atoms with E-state index in [0.717, 1.165) is 0 Å². The van der Waals surface area contributed by atoms with E-state index in [2.05, 4.69) is 4.98 Å². The zero-order valence-electron chi connectivity index (χ0n) is 7.70. The Morgan fingerprint density at radius 1 is 1.50 bits per heavy atom. The topological polar surface area (TPSA) is 53.0 Å². The Morgan fingerprint density at radius 2 is 2.14 bits per heavy atom. The summed E-state index contributed by atoms with van der Waals surface area (Å²) in [5, 5.41) is 0.524. The van der Waals surface area contributed by atoms with Crippen LogP contribution in [0.1, 0.15) is 18.5 Å². The van der Waals surface area contributed by atoms with Gasteiger partial charge in [-0.3, -0.25) is 9.19 Å². The smallest absolute Gasteiger partial charge is 0.772 e. The number of rotatable bonds is 2. The van der Waals surface area contributed by atoms with Gasteiger partial charge in [0.1, 0.15) is 0 Å². The minimum atomic E-state index is -2.08. The molecule has 1 aliphatic carbocycles. The van der Waals surface area contributed by atoms with E-state index in [9.17, 15) is 8.76 Å². The number of hydrogen-bond donors (Lipinski definition) is 0. The Hall–Kier alpha value is 0.550. The molecule has 1 heterocycles. The van der Waals surface area contributed by atoms with Gasteiger partial charge in [0.2, 0.25) is 0 Å². The Kier molecular flexibility index (Phi) is 4.14. The van der Waals surface area contributed by atoms with Crippen LogP contribution >= 0.6 is 11.6 Å². The summed E-state index contributed by atoms with van der Waals surface area (Å²) in [6.07, 6.45) is 2.80. The normalized spacial score (nSPS) is 19.6. The molecule has 1 atom stereocenters. The van der Waals surface area contributed by atoms with E-state index in [-0.39, 0.29) is 29.6 Å². The van der Waals surface area contributed by atoms with Crippen molar-refractivity contribution in [3.63, 3.8) is 0 Å². The number of hydrogen-bond acceptors (Lipinski definition) is 3. The van der Waals surface area contributed by atoms with Gasteiger partial charge in [-0.1, -0.05) is 11.6 Å². The molecule has 1 unspecified atom stereocenters. The summed E-state index contributed by atoms with van der Waals surface area (Å²) in [5.74, 6) is 0. The van der Waals surface area contributed by atoms with Crippen molar-refractivity contribution in [2.45, 2.75) is 17.6 Å². The molecule has 1 aromatic heterocycles. The van der Waals surface area contributed by atoms with E-state index in [0.29, 0.717) is 23.6 Å². The summed E-state index contributed by atoms with van der Waals surface area (Å²) in [7, 11) is 0. The minimum Gasteiger partial charge on any atom is -0.772 e. The van der Waals surface area contributed by atoms with Crippen LogP contribution in [0, 0.1) is 0 Å². The molecular weight excluding hydrogens is 233 g/mol. The SMILES string of the molecule is O=S([O-])C1(c2ccc(Cl)cn2)CC1.[Na+]. The average molecular weight is 240 g/mol. The first-order valence-electron chi connectivity index (χ1n) is 3.86. The minimum absolute atomic E-state index is 0. The van der Waals surface area contributed by atoms with Crippen molar-refractivity contribution >= 4 is 22.7 Å². The van der Waals surface area contributed by atoms with Gasteiger partial charge in [0, 0.05) is 6.20 Å². The van der Waals surface area contributed by atoms with Crippen LogP contribution in [0.5, 0.6) is 0 Å². The predicted octanol–water partition coefficient (Wildman–Crippen LogP) is -1.39. The molecule has 0 aromatic carbocycles. The molecule has 0 radical (unpaired) electrons. The summed E-state index contributed by atoms with van der Waals surface area (Å²) in [6.45, 7) is 0. The molecule has 1 saturated carbocycles. The summed E-state index contributed by atoms with van der Waals surface area (Å²) < 4.78 is 21.1. The van der Waals surface area contributed by atoms with Crippen molar-refractivity contribution in [3.8, 4) is 0 Å². The molecule has 1 aliphatic rings. The van der Waals surface area contributed by atoms with Gasteiger partial charge < -0.3 is 4.55 Å². The van der Waals surface area contributed by atoms with Crippen molar-refractivity contribution in [2.75, 3.05) is 0 Å². The van der Waals surface area contributed by atoms with Crippen LogP contribution in [0.4, 0.5) is 0 Å². The molecule has 0 spiro atoms. The maximum Gasteiger partial charge on any atom is 1.00 e. The molecule has 0 N–H and O–H groups in total. The Balaban J connectivity index is 0.000000980. The van der Waals surface area contributed by atoms with Crippen LogP contribution in [0.3, 0.4) is 0 Å². The third-order valence-corrected chi connectivity index (χ3v) is 3.70. The Morgan fingerprint density at radius 3 is 2.50 bits per heavy atom. The molecule has 70 valence electrons. The second-order valence-electron chi connectivity index (χ2n) is 3.09. The second-order valence-corrected chi connectivity index (χ2v) is 4.78. The molecule has 3 nitrogen and oxygen atoms in total. The quantitative estimate of drug-likeness (QED) is 0.472. The van der Waals surface area contributed by atoms with Crippen molar-refractivity contribution in [2.24, 2.45) is 0 Å².